The van der Waals surface area contributed by atoms with E-state index in [1.807, 2.05) is 20.8 Å². The van der Waals surface area contributed by atoms with Gasteiger partial charge in [0.25, 0.3) is 0 Å². The van der Waals surface area contributed by atoms with Crippen LogP contribution in [0.4, 0.5) is 0 Å². The molecule has 0 spiro atoms. The molecular formula is C34H66O10Si3. The molecule has 0 saturated carbocycles. The van der Waals surface area contributed by atoms with Crippen molar-refractivity contribution >= 4 is 49.1 Å². The molecule has 10 nitrogen and oxygen atoms in total. The topological polar surface area (TPSA) is 124 Å². The first-order valence-electron chi connectivity index (χ1n) is 17.0. The molecule has 0 amide bonds. The fraction of sp³-hybridized carbons (Fsp3) is 0.824. The maximum absolute atomic E-state index is 13.0. The van der Waals surface area contributed by atoms with Crippen LogP contribution in [0.2, 0.25) is 51.9 Å². The van der Waals surface area contributed by atoms with E-state index >= 15 is 0 Å². The lowest BCUT2D eigenvalue weighted by molar-refractivity contribution is -0.157. The Balaban J connectivity index is 5.21. The van der Waals surface area contributed by atoms with E-state index in [0.717, 1.165) is 12.5 Å². The largest absolute Gasteiger partial charge is 0.469 e. The zero-order valence-corrected chi connectivity index (χ0v) is 34.8. The third-order valence-corrected chi connectivity index (χ3v) is 18.5. The fourth-order valence-corrected chi connectivity index (χ4v) is 19.1. The van der Waals surface area contributed by atoms with Gasteiger partial charge in [-0.05, 0) is 111 Å². The van der Waals surface area contributed by atoms with Crippen molar-refractivity contribution in [2.75, 3.05) is 27.4 Å². The molecule has 13 heteroatoms. The highest BCUT2D eigenvalue weighted by Gasteiger charge is 2.40. The average molecular weight is 719 g/mol. The van der Waals surface area contributed by atoms with Crippen molar-refractivity contribution in [2.45, 2.75) is 131 Å². The summed E-state index contributed by atoms with van der Waals surface area (Å²) in [6, 6.07) is 0.874. The van der Waals surface area contributed by atoms with Crippen molar-refractivity contribution in [3.05, 3.63) is 12.7 Å². The van der Waals surface area contributed by atoms with E-state index in [0.29, 0.717) is 38.7 Å². The average Bonchev–Trinajstić information content (AvgIpc) is 2.95. The second kappa shape index (κ2) is 20.0. The van der Waals surface area contributed by atoms with Gasteiger partial charge in [0, 0.05) is 0 Å². The Morgan fingerprint density at radius 2 is 1.40 bits per heavy atom. The van der Waals surface area contributed by atoms with Crippen molar-refractivity contribution in [3.8, 4) is 0 Å². The molecule has 0 rings (SSSR count). The van der Waals surface area contributed by atoms with E-state index in [9.17, 15) is 19.2 Å². The van der Waals surface area contributed by atoms with Gasteiger partial charge in [0.2, 0.25) is 0 Å². The van der Waals surface area contributed by atoms with Gasteiger partial charge in [0.05, 0.1) is 43.5 Å². The number of rotatable bonds is 24. The van der Waals surface area contributed by atoms with E-state index in [-0.39, 0.29) is 25.4 Å². The van der Waals surface area contributed by atoms with Crippen molar-refractivity contribution in [1.29, 1.82) is 0 Å². The summed E-state index contributed by atoms with van der Waals surface area (Å²) in [7, 11) is -3.28. The van der Waals surface area contributed by atoms with Crippen molar-refractivity contribution < 1.29 is 46.4 Å². The van der Waals surface area contributed by atoms with Gasteiger partial charge in [-0.25, -0.2) is 0 Å². The molecule has 0 aromatic heterocycles. The Bertz CT molecular complexity index is 1020. The van der Waals surface area contributed by atoms with Crippen LogP contribution in [0.25, 0.3) is 0 Å². The van der Waals surface area contributed by atoms with Gasteiger partial charge >= 0.3 is 32.4 Å². The molecule has 3 unspecified atom stereocenters. The van der Waals surface area contributed by atoms with Gasteiger partial charge in [-0.15, -0.1) is 0 Å². The van der Waals surface area contributed by atoms with Crippen LogP contribution in [0.15, 0.2) is 12.7 Å². The number of ether oxygens (including phenoxy) is 4. The first-order chi connectivity index (χ1) is 21.5. The minimum atomic E-state index is -2.22. The molecule has 0 N–H and O–H groups in total. The molecule has 3 atom stereocenters. The molecule has 0 aliphatic heterocycles. The zero-order chi connectivity index (χ0) is 36.7. The molecule has 0 bridgehead atoms. The lowest BCUT2D eigenvalue weighted by Gasteiger charge is -2.37. The second-order valence-corrected chi connectivity index (χ2v) is 28.2. The Morgan fingerprint density at radius 3 is 1.91 bits per heavy atom. The Morgan fingerprint density at radius 1 is 0.787 bits per heavy atom. The Labute approximate surface area is 288 Å². The predicted molar refractivity (Wildman–Crippen MR) is 193 cm³/mol. The van der Waals surface area contributed by atoms with Crippen LogP contribution in [0.1, 0.15) is 79.1 Å². The summed E-state index contributed by atoms with van der Waals surface area (Å²) in [5.41, 5.74) is -1.60. The highest BCUT2D eigenvalue weighted by atomic mass is 28.5. The third-order valence-electron chi connectivity index (χ3n) is 8.32. The van der Waals surface area contributed by atoms with E-state index in [4.69, 9.17) is 27.2 Å². The SMILES string of the molecule is C=CCOC(=O)C(CCCCC(C)(C)C(=O)OCCC[Si](C)(C)O[Si](C)(C)O[Si](C)(C)C)CC(CC(C)(CC)C(=O)OC)C(=O)OC. The Kier molecular flexibility index (Phi) is 19.2. The van der Waals surface area contributed by atoms with Crippen LogP contribution in [0, 0.1) is 22.7 Å². The van der Waals surface area contributed by atoms with Crippen LogP contribution in [0.5, 0.6) is 0 Å². The van der Waals surface area contributed by atoms with Gasteiger partial charge in [0.15, 0.2) is 16.6 Å². The lowest BCUT2D eigenvalue weighted by Crippen LogP contribution is -2.51. The maximum atomic E-state index is 13.0. The number of carbonyl (C=O) groups excluding carboxylic acids is 4. The van der Waals surface area contributed by atoms with Crippen LogP contribution < -0.4 is 0 Å². The zero-order valence-electron chi connectivity index (χ0n) is 31.8. The molecule has 0 radical (unpaired) electrons. The van der Waals surface area contributed by atoms with Gasteiger partial charge in [0.1, 0.15) is 6.61 Å². The van der Waals surface area contributed by atoms with Crippen molar-refractivity contribution in [2.24, 2.45) is 22.7 Å². The monoisotopic (exact) mass is 718 g/mol. The molecular weight excluding hydrogens is 653 g/mol. The molecule has 0 aromatic carbocycles. The number of hydrogen-bond acceptors (Lipinski definition) is 10. The highest BCUT2D eigenvalue weighted by molar-refractivity contribution is 6.87. The second-order valence-electron chi connectivity index (χ2n) is 15.5. The fourth-order valence-electron chi connectivity index (χ4n) is 5.92. The summed E-state index contributed by atoms with van der Waals surface area (Å²) < 4.78 is 34.0. The standard InChI is InChI=1S/C34H66O10Si3/c1-15-22-41-30(36)27(25-28(29(35)39-6)26-34(5,16-2)32(38)40-7)20-17-18-21-33(3,4)31(37)42-23-19-24-46(11,12)44-47(13,14)43-45(8,9)10/h15,27-28H,1,16-26H2,2-14H3. The molecule has 0 saturated heterocycles. The number of unbranched alkanes of at least 4 members (excludes halogenated alkanes) is 1. The van der Waals surface area contributed by atoms with Crippen molar-refractivity contribution in [3.63, 3.8) is 0 Å². The maximum Gasteiger partial charge on any atom is 0.311 e. The lowest BCUT2D eigenvalue weighted by atomic mass is 9.75. The van der Waals surface area contributed by atoms with E-state index < -0.39 is 65.8 Å². The number of esters is 4. The van der Waals surface area contributed by atoms with E-state index in [2.05, 4.69) is 52.4 Å². The van der Waals surface area contributed by atoms with Crippen molar-refractivity contribution in [1.82, 2.24) is 0 Å². The number of methoxy groups -OCH3 is 2. The molecule has 0 aromatic rings. The first kappa shape index (κ1) is 45.2. The summed E-state index contributed by atoms with van der Waals surface area (Å²) >= 11 is 0. The summed E-state index contributed by atoms with van der Waals surface area (Å²) in [6.45, 7) is 26.5. The molecule has 0 fully saturated rings. The molecule has 0 heterocycles. The summed E-state index contributed by atoms with van der Waals surface area (Å²) in [6.07, 6.45) is 5.40. The minimum Gasteiger partial charge on any atom is -0.469 e. The van der Waals surface area contributed by atoms with Gasteiger partial charge in [-0.2, -0.15) is 0 Å². The smallest absolute Gasteiger partial charge is 0.311 e. The van der Waals surface area contributed by atoms with Crippen LogP contribution in [-0.2, 0) is 46.4 Å². The predicted octanol–water partition coefficient (Wildman–Crippen LogP) is 7.79. The van der Waals surface area contributed by atoms with E-state index in [1.54, 1.807) is 6.92 Å². The first-order valence-corrected chi connectivity index (χ1v) is 26.3. The third kappa shape index (κ3) is 18.0. The summed E-state index contributed by atoms with van der Waals surface area (Å²) in [4.78, 5) is 51.4. The number of hydrogen-bond donors (Lipinski definition) is 0. The minimum absolute atomic E-state index is 0.0592. The van der Waals surface area contributed by atoms with Crippen LogP contribution in [-0.4, -0.2) is 76.5 Å². The van der Waals surface area contributed by atoms with Crippen LogP contribution >= 0.6 is 0 Å². The van der Waals surface area contributed by atoms with Gasteiger partial charge in [-0.1, -0.05) is 32.4 Å². The van der Waals surface area contributed by atoms with E-state index in [1.165, 1.54) is 20.3 Å². The Hall–Kier alpha value is -1.81. The molecule has 274 valence electrons. The van der Waals surface area contributed by atoms with Crippen LogP contribution in [0.3, 0.4) is 0 Å². The highest BCUT2D eigenvalue weighted by Crippen LogP contribution is 2.36. The number of carbonyl (C=O) groups is 4. The molecule has 0 aliphatic rings. The quantitative estimate of drug-likeness (QED) is 0.0321. The van der Waals surface area contributed by atoms with Gasteiger partial charge < -0.3 is 27.2 Å². The summed E-state index contributed by atoms with van der Waals surface area (Å²) in [5.74, 6) is -2.86. The normalized spacial score (nSPS) is 15.2. The molecule has 0 aliphatic carbocycles. The van der Waals surface area contributed by atoms with Gasteiger partial charge in [-0.3, -0.25) is 19.2 Å². The summed E-state index contributed by atoms with van der Waals surface area (Å²) in [5, 5.41) is 0. The molecule has 47 heavy (non-hydrogen) atoms.